The number of aliphatic hydroxyl groups is 1. The summed E-state index contributed by atoms with van der Waals surface area (Å²) >= 11 is 1.01. The molecule has 0 spiro atoms. The number of rotatable bonds is 6. The van der Waals surface area contributed by atoms with Crippen LogP contribution in [-0.4, -0.2) is 28.9 Å². The zero-order valence-corrected chi connectivity index (χ0v) is 11.6. The molecule has 0 radical (unpaired) electrons. The molecule has 1 aromatic rings. The van der Waals surface area contributed by atoms with Crippen LogP contribution in [0.5, 0.6) is 0 Å². The molecule has 0 aliphatic heterocycles. The molecule has 2 atom stereocenters. The summed E-state index contributed by atoms with van der Waals surface area (Å²) in [6, 6.07) is 3.10. The lowest BCUT2D eigenvalue weighted by atomic mass is 10.1. The van der Waals surface area contributed by atoms with Crippen LogP contribution in [0.1, 0.15) is 20.3 Å². The van der Waals surface area contributed by atoms with Gasteiger partial charge in [0.25, 0.3) is 0 Å². The van der Waals surface area contributed by atoms with Crippen LogP contribution >= 0.6 is 11.8 Å². The van der Waals surface area contributed by atoms with Crippen molar-refractivity contribution >= 4 is 17.7 Å². The van der Waals surface area contributed by atoms with Crippen molar-refractivity contribution in [2.24, 2.45) is 0 Å². The van der Waals surface area contributed by atoms with Crippen LogP contribution in [0.3, 0.4) is 0 Å². The highest BCUT2D eigenvalue weighted by molar-refractivity contribution is 8.00. The zero-order valence-electron chi connectivity index (χ0n) is 10.8. The molecule has 0 fully saturated rings. The molecule has 3 nitrogen and oxygen atoms in total. The first kappa shape index (κ1) is 15.9. The van der Waals surface area contributed by atoms with Gasteiger partial charge in [-0.05, 0) is 32.4 Å². The maximum Gasteiger partial charge on any atom is 0.230 e. The normalized spacial score (nSPS) is 13.9. The largest absolute Gasteiger partial charge is 0.393 e. The highest BCUT2D eigenvalue weighted by Crippen LogP contribution is 2.22. The van der Waals surface area contributed by atoms with E-state index in [1.165, 1.54) is 6.07 Å². The monoisotopic (exact) mass is 289 g/mol. The number of benzene rings is 1. The smallest absolute Gasteiger partial charge is 0.230 e. The lowest BCUT2D eigenvalue weighted by Crippen LogP contribution is -2.35. The Morgan fingerprint density at radius 2 is 2.11 bits per heavy atom. The standard InChI is InChI=1S/C13H17F2NO2S/c1-8(5-9(2)17)16-13(18)7-19-12-4-3-10(14)6-11(12)15/h3-4,6,8-9,17H,5,7H2,1-2H3,(H,16,18). The van der Waals surface area contributed by atoms with Gasteiger partial charge in [-0.3, -0.25) is 4.79 Å². The summed E-state index contributed by atoms with van der Waals surface area (Å²) in [4.78, 5) is 11.8. The summed E-state index contributed by atoms with van der Waals surface area (Å²) in [5.74, 6) is -1.51. The van der Waals surface area contributed by atoms with Crippen molar-refractivity contribution in [1.29, 1.82) is 0 Å². The van der Waals surface area contributed by atoms with Crippen LogP contribution in [0, 0.1) is 11.6 Å². The highest BCUT2D eigenvalue weighted by atomic mass is 32.2. The van der Waals surface area contributed by atoms with Crippen molar-refractivity contribution in [3.8, 4) is 0 Å². The lowest BCUT2D eigenvalue weighted by molar-refractivity contribution is -0.119. The molecule has 1 rings (SSSR count). The van der Waals surface area contributed by atoms with Gasteiger partial charge in [0.1, 0.15) is 11.6 Å². The Hall–Kier alpha value is -1.14. The van der Waals surface area contributed by atoms with E-state index in [-0.39, 0.29) is 22.6 Å². The third-order valence-electron chi connectivity index (χ3n) is 2.35. The molecule has 6 heteroatoms. The van der Waals surface area contributed by atoms with Crippen molar-refractivity contribution in [3.05, 3.63) is 29.8 Å². The Balaban J connectivity index is 2.41. The summed E-state index contributed by atoms with van der Waals surface area (Å²) in [6.07, 6.45) is -0.0288. The van der Waals surface area contributed by atoms with Gasteiger partial charge < -0.3 is 10.4 Å². The van der Waals surface area contributed by atoms with E-state index in [1.54, 1.807) is 13.8 Å². The fourth-order valence-electron chi connectivity index (χ4n) is 1.62. The Kier molecular flexibility index (Phi) is 6.24. The molecule has 2 N–H and O–H groups in total. The molecular weight excluding hydrogens is 272 g/mol. The molecule has 0 saturated heterocycles. The minimum absolute atomic E-state index is 0.0483. The number of hydrogen-bond donors (Lipinski definition) is 2. The first-order valence-corrected chi connectivity index (χ1v) is 6.92. The maximum atomic E-state index is 13.3. The molecule has 1 aromatic carbocycles. The van der Waals surface area contributed by atoms with Crippen molar-refractivity contribution < 1.29 is 18.7 Å². The predicted octanol–water partition coefficient (Wildman–Crippen LogP) is 2.33. The Morgan fingerprint density at radius 1 is 1.42 bits per heavy atom. The van der Waals surface area contributed by atoms with Gasteiger partial charge >= 0.3 is 0 Å². The average Bonchev–Trinajstić information content (AvgIpc) is 2.26. The van der Waals surface area contributed by atoms with Gasteiger partial charge in [0.05, 0.1) is 11.9 Å². The molecule has 0 aromatic heterocycles. The van der Waals surface area contributed by atoms with Crippen molar-refractivity contribution in [3.63, 3.8) is 0 Å². The Labute approximate surface area is 115 Å². The number of carbonyl (C=O) groups excluding carboxylic acids is 1. The zero-order chi connectivity index (χ0) is 14.4. The second kappa shape index (κ2) is 7.45. The molecule has 106 valence electrons. The van der Waals surface area contributed by atoms with E-state index >= 15 is 0 Å². The van der Waals surface area contributed by atoms with Crippen molar-refractivity contribution in [1.82, 2.24) is 5.32 Å². The summed E-state index contributed by atoms with van der Waals surface area (Å²) in [5, 5.41) is 11.9. The molecule has 0 bridgehead atoms. The minimum Gasteiger partial charge on any atom is -0.393 e. The Morgan fingerprint density at radius 3 is 2.68 bits per heavy atom. The number of halogens is 2. The van der Waals surface area contributed by atoms with Crippen LogP contribution in [0.2, 0.25) is 0 Å². The van der Waals surface area contributed by atoms with Crippen LogP contribution in [0.25, 0.3) is 0 Å². The van der Waals surface area contributed by atoms with Crippen LogP contribution < -0.4 is 5.32 Å². The molecule has 0 aliphatic rings. The summed E-state index contributed by atoms with van der Waals surface area (Å²) < 4.78 is 26.0. The maximum absolute atomic E-state index is 13.3. The van der Waals surface area contributed by atoms with E-state index in [0.717, 1.165) is 23.9 Å². The van der Waals surface area contributed by atoms with Gasteiger partial charge in [-0.2, -0.15) is 0 Å². The van der Waals surface area contributed by atoms with Crippen LogP contribution in [0.4, 0.5) is 8.78 Å². The highest BCUT2D eigenvalue weighted by Gasteiger charge is 2.11. The van der Waals surface area contributed by atoms with Crippen LogP contribution in [-0.2, 0) is 4.79 Å². The summed E-state index contributed by atoms with van der Waals surface area (Å²) in [5.41, 5.74) is 0. The number of thioether (sulfide) groups is 1. The van der Waals surface area contributed by atoms with Crippen LogP contribution in [0.15, 0.2) is 23.1 Å². The second-order valence-electron chi connectivity index (χ2n) is 4.42. The first-order chi connectivity index (χ1) is 8.88. The molecule has 0 saturated carbocycles. The lowest BCUT2D eigenvalue weighted by Gasteiger charge is -2.15. The third kappa shape index (κ3) is 6.02. The van der Waals surface area contributed by atoms with Crippen molar-refractivity contribution in [2.45, 2.75) is 37.3 Å². The van der Waals surface area contributed by atoms with E-state index in [1.807, 2.05) is 0 Å². The van der Waals surface area contributed by atoms with Crippen molar-refractivity contribution in [2.75, 3.05) is 5.75 Å². The number of nitrogens with one attached hydrogen (secondary N) is 1. The molecule has 0 heterocycles. The first-order valence-electron chi connectivity index (χ1n) is 5.93. The van der Waals surface area contributed by atoms with Gasteiger partial charge in [0.2, 0.25) is 5.91 Å². The summed E-state index contributed by atoms with van der Waals surface area (Å²) in [6.45, 7) is 3.43. The van der Waals surface area contributed by atoms with E-state index in [0.29, 0.717) is 6.42 Å². The molecular formula is C13H17F2NO2S. The fourth-order valence-corrected chi connectivity index (χ4v) is 2.35. The summed E-state index contributed by atoms with van der Waals surface area (Å²) in [7, 11) is 0. The van der Waals surface area contributed by atoms with Gasteiger partial charge in [0, 0.05) is 17.0 Å². The van der Waals surface area contributed by atoms with E-state index in [2.05, 4.69) is 5.32 Å². The molecule has 2 unspecified atom stereocenters. The number of amides is 1. The van der Waals surface area contributed by atoms with E-state index in [4.69, 9.17) is 5.11 Å². The van der Waals surface area contributed by atoms with Gasteiger partial charge in [0.15, 0.2) is 0 Å². The topological polar surface area (TPSA) is 49.3 Å². The predicted molar refractivity (Wildman–Crippen MR) is 71.0 cm³/mol. The average molecular weight is 289 g/mol. The second-order valence-corrected chi connectivity index (χ2v) is 5.43. The number of aliphatic hydroxyl groups excluding tert-OH is 1. The molecule has 19 heavy (non-hydrogen) atoms. The quantitative estimate of drug-likeness (QED) is 0.790. The van der Waals surface area contributed by atoms with E-state index in [9.17, 15) is 13.6 Å². The number of hydrogen-bond acceptors (Lipinski definition) is 3. The molecule has 0 aliphatic carbocycles. The van der Waals surface area contributed by atoms with Gasteiger partial charge in [-0.15, -0.1) is 11.8 Å². The Bertz CT molecular complexity index is 441. The third-order valence-corrected chi connectivity index (χ3v) is 3.40. The SMILES string of the molecule is CC(O)CC(C)NC(=O)CSc1ccc(F)cc1F. The van der Waals surface area contributed by atoms with Gasteiger partial charge in [-0.25, -0.2) is 8.78 Å². The fraction of sp³-hybridized carbons (Fsp3) is 0.462. The molecule has 1 amide bonds. The minimum atomic E-state index is -0.671. The number of carbonyl (C=O) groups is 1. The van der Waals surface area contributed by atoms with Gasteiger partial charge in [-0.1, -0.05) is 0 Å². The van der Waals surface area contributed by atoms with E-state index < -0.39 is 17.7 Å².